The van der Waals surface area contributed by atoms with Gasteiger partial charge >= 0.3 is 12.2 Å². The molecule has 4 heterocycles. The van der Waals surface area contributed by atoms with Gasteiger partial charge in [-0.05, 0) is 66.5 Å². The molecule has 2 N–H and O–H groups in total. The van der Waals surface area contributed by atoms with Gasteiger partial charge in [-0.1, -0.05) is 23.2 Å². The summed E-state index contributed by atoms with van der Waals surface area (Å²) in [4.78, 5) is 42.1. The van der Waals surface area contributed by atoms with Gasteiger partial charge in [0.25, 0.3) is 0 Å². The number of nitrogens with zero attached hydrogens (tertiary/aromatic N) is 6. The van der Waals surface area contributed by atoms with E-state index in [1.165, 1.54) is 25.6 Å². The summed E-state index contributed by atoms with van der Waals surface area (Å²) in [6.45, 7) is 27.5. The summed E-state index contributed by atoms with van der Waals surface area (Å²) in [5.74, 6) is 1.39. The zero-order valence-corrected chi connectivity index (χ0v) is 36.0. The Labute approximate surface area is 354 Å². The number of fused-ring (bicyclic) bond motifs is 2. The van der Waals surface area contributed by atoms with Crippen molar-refractivity contribution in [2.45, 2.75) is 90.6 Å². The van der Waals surface area contributed by atoms with Crippen LogP contribution in [0.2, 0.25) is 10.0 Å². The van der Waals surface area contributed by atoms with Crippen LogP contribution in [0.15, 0.2) is 36.7 Å². The molecule has 2 aliphatic heterocycles. The second-order valence-corrected chi connectivity index (χ2v) is 16.4. The number of hydrogen-bond donors (Lipinski definition) is 2. The molecule has 0 atom stereocenters. The fraction of sp³-hybridized carbons (Fsp3) is 0.476. The van der Waals surface area contributed by atoms with E-state index in [0.717, 1.165) is 0 Å². The van der Waals surface area contributed by atoms with Crippen LogP contribution in [0.5, 0.6) is 23.0 Å². The molecule has 2 amide bonds. The molecule has 6 rings (SSSR count). The molecular formula is C42H50Cl2N6O9. The normalized spacial score (nSPS) is 14.8. The summed E-state index contributed by atoms with van der Waals surface area (Å²) in [6, 6.07) is 6.53. The molecule has 2 aromatic carbocycles. The Kier molecular flexibility index (Phi) is 15.7. The number of aliphatic hydroxyl groups is 1. The van der Waals surface area contributed by atoms with E-state index in [4.69, 9.17) is 60.0 Å². The molecule has 2 aliphatic rings. The average Bonchev–Trinajstić information content (AvgIpc) is 3.18. The zero-order valence-electron chi connectivity index (χ0n) is 34.5. The van der Waals surface area contributed by atoms with Gasteiger partial charge in [-0.2, -0.15) is 0 Å². The van der Waals surface area contributed by atoms with Crippen molar-refractivity contribution in [2.75, 3.05) is 40.4 Å². The molecule has 2 aromatic heterocycles. The highest BCUT2D eigenvalue weighted by molar-refractivity contribution is 6.38. The Morgan fingerprint density at radius 3 is 1.56 bits per heavy atom. The van der Waals surface area contributed by atoms with Crippen LogP contribution in [-0.4, -0.2) is 106 Å². The number of hydrogen-bond acceptors (Lipinski definition) is 11. The number of phenols is 1. The van der Waals surface area contributed by atoms with E-state index in [0.29, 0.717) is 102 Å². The smallest absolute Gasteiger partial charge is 0.410 e. The second kappa shape index (κ2) is 20.0. The summed E-state index contributed by atoms with van der Waals surface area (Å²) in [5.41, 5.74) is 0.811. The maximum atomic E-state index is 12.2. The number of carbonyl (C=O) groups is 2. The lowest BCUT2D eigenvalue weighted by Crippen LogP contribution is -2.44. The fourth-order valence-corrected chi connectivity index (χ4v) is 6.42. The first kappa shape index (κ1) is 46.2. The van der Waals surface area contributed by atoms with Crippen molar-refractivity contribution in [3.05, 3.63) is 69.5 Å². The molecule has 0 saturated carbocycles. The Morgan fingerprint density at radius 2 is 1.14 bits per heavy atom. The maximum absolute atomic E-state index is 12.2. The summed E-state index contributed by atoms with van der Waals surface area (Å²) >= 11 is 12.4. The minimum atomic E-state index is -0.514. The van der Waals surface area contributed by atoms with Gasteiger partial charge < -0.3 is 43.7 Å². The van der Waals surface area contributed by atoms with Crippen LogP contribution in [0.3, 0.4) is 0 Å². The number of amides is 2. The number of aliphatic hydroxyl groups excluding tert-OH is 1. The summed E-state index contributed by atoms with van der Waals surface area (Å²) in [5, 5.41) is 20.7. The first-order valence-corrected chi connectivity index (χ1v) is 19.6. The Balaban J connectivity index is 0.000000216. The minimum absolute atomic E-state index is 0.0270. The molecule has 2 fully saturated rings. The van der Waals surface area contributed by atoms with E-state index in [2.05, 4.69) is 19.7 Å². The van der Waals surface area contributed by atoms with Crippen molar-refractivity contribution < 1.29 is 43.5 Å². The standard InChI is InChI=1S/C21H24ClN3O4.C11H7ClN2O2.C10H19NO3/c1-21(2,3)29-20(26)25-8-6-13(7-9-25)28-18-10-14-15(11-17(18)27-5)24-12-16(23-4)19(14)22;1-13-8-5-14-7-4-10(16-2)9(15)3-6(7)11(8)12;1-10(2,3)14-9(13)11-6-4-8(12)5-7-11/h10-13H,6-9H2,1-3,5H3;3-5,15H,2H3;8,12H,4-7H2,1-3H3. The van der Waals surface area contributed by atoms with E-state index < -0.39 is 11.2 Å². The predicted molar refractivity (Wildman–Crippen MR) is 225 cm³/mol. The molecule has 0 radical (unpaired) electrons. The molecule has 0 spiro atoms. The number of benzene rings is 2. The highest BCUT2D eigenvalue weighted by Crippen LogP contribution is 2.40. The van der Waals surface area contributed by atoms with Gasteiger partial charge in [-0.3, -0.25) is 9.97 Å². The molecule has 59 heavy (non-hydrogen) atoms. The second-order valence-electron chi connectivity index (χ2n) is 15.7. The zero-order chi connectivity index (χ0) is 43.7. The van der Waals surface area contributed by atoms with Gasteiger partial charge in [-0.25, -0.2) is 19.3 Å². The maximum Gasteiger partial charge on any atom is 0.410 e. The number of pyridine rings is 2. The van der Waals surface area contributed by atoms with Crippen LogP contribution in [0.25, 0.3) is 31.5 Å². The number of aromatic hydroxyl groups is 1. The Bertz CT molecular complexity index is 2210. The number of likely N-dealkylation sites (tertiary alicyclic amines) is 2. The van der Waals surface area contributed by atoms with Crippen LogP contribution < -0.4 is 14.2 Å². The third kappa shape index (κ3) is 12.8. The SMILES string of the molecule is CC(C)(C)OC(=O)N1CCC(O)CC1.[C-]#[N+]c1cnc2cc(OC)c(O)cc2c1Cl.[C-]#[N+]c1cnc2cc(OC)c(OC3CCN(C(=O)OC(C)(C)C)CC3)cc2c1Cl. The van der Waals surface area contributed by atoms with Crippen LogP contribution in [-0.2, 0) is 9.47 Å². The lowest BCUT2D eigenvalue weighted by atomic mass is 10.1. The predicted octanol–water partition coefficient (Wildman–Crippen LogP) is 9.76. The first-order valence-electron chi connectivity index (χ1n) is 18.8. The van der Waals surface area contributed by atoms with Gasteiger partial charge in [0.05, 0.1) is 54.5 Å². The number of methoxy groups -OCH3 is 2. The highest BCUT2D eigenvalue weighted by Gasteiger charge is 2.29. The Morgan fingerprint density at radius 1 is 0.712 bits per heavy atom. The average molecular weight is 854 g/mol. The largest absolute Gasteiger partial charge is 0.504 e. The van der Waals surface area contributed by atoms with E-state index in [1.54, 1.807) is 35.1 Å². The van der Waals surface area contributed by atoms with Crippen LogP contribution in [0.4, 0.5) is 21.0 Å². The molecule has 2 saturated heterocycles. The lowest BCUT2D eigenvalue weighted by Gasteiger charge is -2.33. The van der Waals surface area contributed by atoms with Crippen LogP contribution in [0, 0.1) is 13.1 Å². The molecule has 17 heteroatoms. The Hall–Kier alpha value is -5.48. The van der Waals surface area contributed by atoms with E-state index in [1.807, 2.05) is 41.5 Å². The highest BCUT2D eigenvalue weighted by atomic mass is 35.5. The van der Waals surface area contributed by atoms with Crippen molar-refractivity contribution in [3.8, 4) is 23.0 Å². The number of rotatable bonds is 4. The quantitative estimate of drug-likeness (QED) is 0.188. The lowest BCUT2D eigenvalue weighted by molar-refractivity contribution is 0.00957. The molecular weight excluding hydrogens is 803 g/mol. The number of aromatic nitrogens is 2. The van der Waals surface area contributed by atoms with Gasteiger partial charge in [0.15, 0.2) is 23.0 Å². The van der Waals surface area contributed by atoms with Crippen molar-refractivity contribution in [1.82, 2.24) is 19.8 Å². The van der Waals surface area contributed by atoms with Crippen LogP contribution in [0.1, 0.15) is 67.2 Å². The van der Waals surface area contributed by atoms with Crippen molar-refractivity contribution in [2.24, 2.45) is 0 Å². The van der Waals surface area contributed by atoms with Gasteiger partial charge in [0.2, 0.25) is 11.4 Å². The molecule has 15 nitrogen and oxygen atoms in total. The van der Waals surface area contributed by atoms with Crippen LogP contribution >= 0.6 is 23.2 Å². The molecule has 0 bridgehead atoms. The number of ether oxygens (including phenoxy) is 5. The summed E-state index contributed by atoms with van der Waals surface area (Å²) in [6.07, 6.45) is 4.59. The van der Waals surface area contributed by atoms with Crippen molar-refractivity contribution in [1.29, 1.82) is 0 Å². The first-order chi connectivity index (χ1) is 27.8. The summed E-state index contributed by atoms with van der Waals surface area (Å²) in [7, 11) is 3.02. The number of phenolic OH excluding ortho intramolecular Hbond substituents is 1. The topological polar surface area (TPSA) is 162 Å². The monoisotopic (exact) mass is 852 g/mol. The van der Waals surface area contributed by atoms with E-state index >= 15 is 0 Å². The molecule has 0 aliphatic carbocycles. The third-order valence-electron chi connectivity index (χ3n) is 8.90. The van der Waals surface area contributed by atoms with Gasteiger partial charge in [0, 0.05) is 74.3 Å². The third-order valence-corrected chi connectivity index (χ3v) is 9.69. The van der Waals surface area contributed by atoms with Gasteiger partial charge in [0.1, 0.15) is 17.3 Å². The summed E-state index contributed by atoms with van der Waals surface area (Å²) < 4.78 is 27.2. The number of carbonyl (C=O) groups excluding carboxylic acids is 2. The molecule has 4 aromatic rings. The number of piperidine rings is 2. The van der Waals surface area contributed by atoms with Gasteiger partial charge in [-0.15, -0.1) is 0 Å². The molecule has 0 unspecified atom stereocenters. The van der Waals surface area contributed by atoms with Crippen molar-refractivity contribution in [3.63, 3.8) is 0 Å². The number of halogens is 2. The van der Waals surface area contributed by atoms with Crippen molar-refractivity contribution >= 4 is 68.6 Å². The molecule has 316 valence electrons. The van der Waals surface area contributed by atoms with E-state index in [-0.39, 0.29) is 40.9 Å². The fourth-order valence-electron chi connectivity index (χ4n) is 5.93. The minimum Gasteiger partial charge on any atom is -0.504 e. The van der Waals surface area contributed by atoms with E-state index in [9.17, 15) is 19.8 Å².